The highest BCUT2D eigenvalue weighted by Gasteiger charge is 2.20. The van der Waals surface area contributed by atoms with Crippen molar-refractivity contribution in [2.75, 3.05) is 31.1 Å². The van der Waals surface area contributed by atoms with Gasteiger partial charge in [0.25, 0.3) is 0 Å². The number of nitrogens with one attached hydrogen (secondary N) is 1. The molecule has 1 aliphatic rings. The Kier molecular flexibility index (Phi) is 5.44. The van der Waals surface area contributed by atoms with Crippen LogP contribution < -0.4 is 9.80 Å². The molecule has 3 nitrogen and oxygen atoms in total. The molecule has 1 saturated heterocycles. The number of anilines is 1. The number of piperazine rings is 1. The Morgan fingerprint density at radius 1 is 1.04 bits per heavy atom. The van der Waals surface area contributed by atoms with E-state index in [1.807, 2.05) is 42.5 Å². The summed E-state index contributed by atoms with van der Waals surface area (Å²) in [7, 11) is 0. The number of benzene rings is 2. The first-order valence-electron chi connectivity index (χ1n) is 8.16. The van der Waals surface area contributed by atoms with E-state index in [-0.39, 0.29) is 5.78 Å². The minimum absolute atomic E-state index is 0.109. The Balaban J connectivity index is 1.57. The second kappa shape index (κ2) is 7.56. The number of quaternary nitrogens is 1. The first kappa shape index (κ1) is 17.3. The third-order valence-corrected chi connectivity index (χ3v) is 5.29. The Hall–Kier alpha value is -1.55. The molecule has 0 aromatic heterocycles. The molecule has 0 saturated carbocycles. The van der Waals surface area contributed by atoms with Gasteiger partial charge in [-0.3, -0.25) is 4.79 Å². The van der Waals surface area contributed by atoms with Crippen molar-refractivity contribution in [2.45, 2.75) is 13.5 Å². The largest absolute Gasteiger partial charge is 0.360 e. The molecule has 1 fully saturated rings. The highest BCUT2D eigenvalue weighted by molar-refractivity contribution is 6.42. The van der Waals surface area contributed by atoms with Gasteiger partial charge in [0, 0.05) is 16.8 Å². The second-order valence-corrected chi connectivity index (χ2v) is 7.08. The molecule has 24 heavy (non-hydrogen) atoms. The zero-order chi connectivity index (χ0) is 17.1. The highest BCUT2D eigenvalue weighted by atomic mass is 35.5. The van der Waals surface area contributed by atoms with Crippen molar-refractivity contribution in [2.24, 2.45) is 0 Å². The number of carbonyl (C=O) groups is 1. The fourth-order valence-corrected chi connectivity index (χ4v) is 3.42. The lowest BCUT2D eigenvalue weighted by atomic mass is 10.1. The molecule has 0 spiro atoms. The van der Waals surface area contributed by atoms with E-state index in [0.29, 0.717) is 10.0 Å². The van der Waals surface area contributed by atoms with Gasteiger partial charge in [0.05, 0.1) is 36.2 Å². The molecule has 0 aliphatic carbocycles. The van der Waals surface area contributed by atoms with Crippen molar-refractivity contribution in [3.05, 3.63) is 63.6 Å². The van der Waals surface area contributed by atoms with Crippen LogP contribution in [0.1, 0.15) is 22.8 Å². The van der Waals surface area contributed by atoms with Crippen molar-refractivity contribution in [1.29, 1.82) is 0 Å². The van der Waals surface area contributed by atoms with Crippen LogP contribution >= 0.6 is 23.2 Å². The van der Waals surface area contributed by atoms with Gasteiger partial charge in [0.2, 0.25) is 0 Å². The van der Waals surface area contributed by atoms with Gasteiger partial charge in [-0.1, -0.05) is 29.3 Å². The second-order valence-electron chi connectivity index (χ2n) is 6.27. The predicted molar refractivity (Wildman–Crippen MR) is 99.5 cm³/mol. The lowest BCUT2D eigenvalue weighted by molar-refractivity contribution is -0.914. The molecule has 0 bridgehead atoms. The van der Waals surface area contributed by atoms with Crippen LogP contribution in [0.15, 0.2) is 42.5 Å². The maximum Gasteiger partial charge on any atom is 0.159 e. The van der Waals surface area contributed by atoms with E-state index in [2.05, 4.69) is 4.90 Å². The van der Waals surface area contributed by atoms with Crippen molar-refractivity contribution in [3.63, 3.8) is 0 Å². The Morgan fingerprint density at radius 2 is 1.71 bits per heavy atom. The summed E-state index contributed by atoms with van der Waals surface area (Å²) in [6, 6.07) is 13.8. The molecule has 0 atom stereocenters. The lowest BCUT2D eigenvalue weighted by Crippen LogP contribution is -3.13. The molecule has 1 heterocycles. The van der Waals surface area contributed by atoms with Crippen LogP contribution in [-0.4, -0.2) is 32.0 Å². The van der Waals surface area contributed by atoms with Gasteiger partial charge in [0.1, 0.15) is 6.54 Å². The van der Waals surface area contributed by atoms with Gasteiger partial charge in [-0.15, -0.1) is 0 Å². The molecule has 0 unspecified atom stereocenters. The van der Waals surface area contributed by atoms with Crippen LogP contribution in [0.2, 0.25) is 10.0 Å². The van der Waals surface area contributed by atoms with Gasteiger partial charge < -0.3 is 9.80 Å². The van der Waals surface area contributed by atoms with E-state index in [0.717, 1.165) is 38.3 Å². The van der Waals surface area contributed by atoms with Gasteiger partial charge >= 0.3 is 0 Å². The predicted octanol–water partition coefficient (Wildman–Crippen LogP) is 3.10. The SMILES string of the molecule is CC(=O)c1ccc(N2CC[NH+](Cc3ccc(Cl)c(Cl)c3)CC2)cc1. The smallest absolute Gasteiger partial charge is 0.159 e. The third kappa shape index (κ3) is 4.10. The van der Waals surface area contributed by atoms with Gasteiger partial charge in [-0.2, -0.15) is 0 Å². The Bertz CT molecular complexity index is 723. The fraction of sp³-hybridized carbons (Fsp3) is 0.316. The van der Waals surface area contributed by atoms with E-state index < -0.39 is 0 Å². The van der Waals surface area contributed by atoms with Crippen molar-refractivity contribution in [3.8, 4) is 0 Å². The van der Waals surface area contributed by atoms with E-state index in [4.69, 9.17) is 23.2 Å². The minimum atomic E-state index is 0.109. The topological polar surface area (TPSA) is 24.8 Å². The van der Waals surface area contributed by atoms with Gasteiger partial charge in [0.15, 0.2) is 5.78 Å². The molecular formula is C19H21Cl2N2O+. The summed E-state index contributed by atoms with van der Waals surface area (Å²) in [5, 5.41) is 1.23. The average molecular weight is 364 g/mol. The van der Waals surface area contributed by atoms with E-state index >= 15 is 0 Å². The summed E-state index contributed by atoms with van der Waals surface area (Å²) >= 11 is 12.1. The summed E-state index contributed by atoms with van der Waals surface area (Å²) in [4.78, 5) is 15.3. The van der Waals surface area contributed by atoms with E-state index in [9.17, 15) is 4.79 Å². The number of ketones is 1. The monoisotopic (exact) mass is 363 g/mol. The zero-order valence-electron chi connectivity index (χ0n) is 13.7. The number of nitrogens with zero attached hydrogens (tertiary/aromatic N) is 1. The van der Waals surface area contributed by atoms with Crippen LogP contribution in [-0.2, 0) is 6.54 Å². The number of hydrogen-bond acceptors (Lipinski definition) is 2. The molecular weight excluding hydrogens is 343 g/mol. The van der Waals surface area contributed by atoms with Crippen molar-refractivity contribution < 1.29 is 9.69 Å². The number of hydrogen-bond donors (Lipinski definition) is 1. The fourth-order valence-electron chi connectivity index (χ4n) is 3.10. The molecule has 2 aromatic carbocycles. The normalized spacial score (nSPS) is 15.5. The summed E-state index contributed by atoms with van der Waals surface area (Å²) < 4.78 is 0. The Morgan fingerprint density at radius 3 is 2.29 bits per heavy atom. The van der Waals surface area contributed by atoms with E-state index in [1.54, 1.807) is 11.8 Å². The van der Waals surface area contributed by atoms with Crippen LogP contribution in [0.5, 0.6) is 0 Å². The average Bonchev–Trinajstić information content (AvgIpc) is 2.59. The summed E-state index contributed by atoms with van der Waals surface area (Å²) in [5.41, 5.74) is 3.18. The molecule has 0 radical (unpaired) electrons. The van der Waals surface area contributed by atoms with Crippen LogP contribution in [0, 0.1) is 0 Å². The molecule has 126 valence electrons. The van der Waals surface area contributed by atoms with Gasteiger partial charge in [-0.05, 0) is 43.3 Å². The van der Waals surface area contributed by atoms with Crippen LogP contribution in [0.25, 0.3) is 0 Å². The molecule has 1 aliphatic heterocycles. The summed E-state index contributed by atoms with van der Waals surface area (Å²) in [5.74, 6) is 0.109. The maximum atomic E-state index is 11.4. The first-order valence-corrected chi connectivity index (χ1v) is 8.92. The third-order valence-electron chi connectivity index (χ3n) is 4.55. The molecule has 3 rings (SSSR count). The standard InChI is InChI=1S/C19H20Cl2N2O/c1-14(24)16-3-5-17(6-4-16)23-10-8-22(9-11-23)13-15-2-7-18(20)19(21)12-15/h2-7,12H,8-11,13H2,1H3/p+1. The van der Waals surface area contributed by atoms with Crippen LogP contribution in [0.3, 0.4) is 0 Å². The van der Waals surface area contributed by atoms with Crippen LogP contribution in [0.4, 0.5) is 5.69 Å². The molecule has 2 aromatic rings. The van der Waals surface area contributed by atoms with Crippen molar-refractivity contribution >= 4 is 34.7 Å². The molecule has 5 heteroatoms. The minimum Gasteiger partial charge on any atom is -0.360 e. The van der Waals surface area contributed by atoms with E-state index in [1.165, 1.54) is 11.3 Å². The number of carbonyl (C=O) groups excluding carboxylic acids is 1. The highest BCUT2D eigenvalue weighted by Crippen LogP contribution is 2.22. The summed E-state index contributed by atoms with van der Waals surface area (Å²) in [6.45, 7) is 6.74. The van der Waals surface area contributed by atoms with Gasteiger partial charge in [-0.25, -0.2) is 0 Å². The zero-order valence-corrected chi connectivity index (χ0v) is 15.2. The number of rotatable bonds is 4. The van der Waals surface area contributed by atoms with Crippen molar-refractivity contribution in [1.82, 2.24) is 0 Å². The maximum absolute atomic E-state index is 11.4. The summed E-state index contributed by atoms with van der Waals surface area (Å²) in [6.07, 6.45) is 0. The quantitative estimate of drug-likeness (QED) is 0.844. The molecule has 1 N–H and O–H groups in total. The first-order chi connectivity index (χ1) is 11.5. The number of halogens is 2. The lowest BCUT2D eigenvalue weighted by Gasteiger charge is -2.33. The Labute approximate surface area is 152 Å². The molecule has 0 amide bonds. The number of Topliss-reactive ketones (excluding diaryl/α,β-unsaturated/α-hetero) is 1.